The molecule has 2 fully saturated rings. The van der Waals surface area contributed by atoms with E-state index in [2.05, 4.69) is 48.6 Å². The van der Waals surface area contributed by atoms with E-state index in [-0.39, 0.29) is 42.1 Å². The number of amides is 1. The molecule has 2 aromatic rings. The molecule has 1 N–H and O–H groups in total. The van der Waals surface area contributed by atoms with Gasteiger partial charge < -0.3 is 10.2 Å². The molecular formula is C26H34N2O3S. The number of carbonyl (C=O) groups excluding carboxylic acids is 1. The molecule has 2 aromatic carbocycles. The molecule has 1 aliphatic carbocycles. The molecule has 0 unspecified atom stereocenters. The van der Waals surface area contributed by atoms with E-state index >= 15 is 0 Å². The van der Waals surface area contributed by atoms with Gasteiger partial charge in [0.15, 0.2) is 9.84 Å². The summed E-state index contributed by atoms with van der Waals surface area (Å²) in [5.41, 5.74) is 3.48. The predicted octanol–water partition coefficient (Wildman–Crippen LogP) is 4.35. The van der Waals surface area contributed by atoms with Crippen molar-refractivity contribution in [2.75, 3.05) is 18.1 Å². The maximum absolute atomic E-state index is 13.3. The Bertz CT molecular complexity index is 999. The van der Waals surface area contributed by atoms with Crippen LogP contribution in [-0.2, 0) is 14.6 Å². The van der Waals surface area contributed by atoms with E-state index in [1.165, 1.54) is 17.5 Å². The molecule has 2 atom stereocenters. The van der Waals surface area contributed by atoms with Crippen LogP contribution in [0.25, 0.3) is 11.1 Å². The van der Waals surface area contributed by atoms with Gasteiger partial charge in [0.25, 0.3) is 0 Å². The lowest BCUT2D eigenvalue weighted by Gasteiger charge is -2.38. The zero-order valence-electron chi connectivity index (χ0n) is 18.9. The van der Waals surface area contributed by atoms with E-state index in [1.54, 1.807) is 0 Å². The highest BCUT2D eigenvalue weighted by molar-refractivity contribution is 7.91. The van der Waals surface area contributed by atoms with Gasteiger partial charge in [0, 0.05) is 18.1 Å². The number of nitrogens with zero attached hydrogens (tertiary/aromatic N) is 1. The Kier molecular flexibility index (Phi) is 7.31. The van der Waals surface area contributed by atoms with Gasteiger partial charge in [-0.15, -0.1) is 0 Å². The molecule has 1 saturated carbocycles. The lowest BCUT2D eigenvalue weighted by molar-refractivity contribution is -0.135. The molecule has 0 aromatic heterocycles. The molecular weight excluding hydrogens is 420 g/mol. The summed E-state index contributed by atoms with van der Waals surface area (Å²) in [6.45, 7) is 2.30. The maximum atomic E-state index is 13.3. The molecule has 0 spiro atoms. The van der Waals surface area contributed by atoms with Crippen molar-refractivity contribution in [1.29, 1.82) is 0 Å². The first-order valence-electron chi connectivity index (χ1n) is 11.8. The Labute approximate surface area is 192 Å². The fourth-order valence-electron chi connectivity index (χ4n) is 5.10. The minimum Gasteiger partial charge on any atom is -0.335 e. The van der Waals surface area contributed by atoms with Crippen LogP contribution >= 0.6 is 0 Å². The van der Waals surface area contributed by atoms with Gasteiger partial charge in [-0.2, -0.15) is 0 Å². The molecule has 32 heavy (non-hydrogen) atoms. The van der Waals surface area contributed by atoms with Gasteiger partial charge in [0.2, 0.25) is 5.91 Å². The summed E-state index contributed by atoms with van der Waals surface area (Å²) in [5.74, 6) is 0.351. The number of nitrogens with one attached hydrogen (secondary N) is 1. The van der Waals surface area contributed by atoms with Crippen LogP contribution in [0, 0.1) is 0 Å². The second-order valence-corrected chi connectivity index (χ2v) is 11.5. The third kappa shape index (κ3) is 5.59. The topological polar surface area (TPSA) is 66.5 Å². The SMILES string of the molecule is C[C@H](NCC(=O)N(C1CCCCC1)[C@H]1CCS(=O)(=O)C1)c1ccc(-c2ccccc2)cc1. The van der Waals surface area contributed by atoms with E-state index in [4.69, 9.17) is 0 Å². The van der Waals surface area contributed by atoms with Crippen molar-refractivity contribution in [3.8, 4) is 11.1 Å². The van der Waals surface area contributed by atoms with Crippen LogP contribution in [0.3, 0.4) is 0 Å². The zero-order chi connectivity index (χ0) is 22.6. The summed E-state index contributed by atoms with van der Waals surface area (Å²) < 4.78 is 24.2. The number of rotatable bonds is 7. The molecule has 2 aliphatic rings. The zero-order valence-corrected chi connectivity index (χ0v) is 19.7. The van der Waals surface area contributed by atoms with Crippen LogP contribution in [0.2, 0.25) is 0 Å². The summed E-state index contributed by atoms with van der Waals surface area (Å²) in [5, 5.41) is 3.38. The molecule has 5 nitrogen and oxygen atoms in total. The summed E-state index contributed by atoms with van der Waals surface area (Å²) in [6.07, 6.45) is 5.98. The Morgan fingerprint density at radius 3 is 2.22 bits per heavy atom. The monoisotopic (exact) mass is 454 g/mol. The van der Waals surface area contributed by atoms with E-state index in [1.807, 2.05) is 23.1 Å². The van der Waals surface area contributed by atoms with E-state index in [0.29, 0.717) is 6.42 Å². The summed E-state index contributed by atoms with van der Waals surface area (Å²) in [6, 6.07) is 18.7. The highest BCUT2D eigenvalue weighted by atomic mass is 32.2. The first-order valence-corrected chi connectivity index (χ1v) is 13.7. The minimum absolute atomic E-state index is 0.0317. The number of carbonyl (C=O) groups is 1. The number of hydrogen-bond acceptors (Lipinski definition) is 4. The van der Waals surface area contributed by atoms with Crippen LogP contribution in [0.1, 0.15) is 57.1 Å². The van der Waals surface area contributed by atoms with Crippen molar-refractivity contribution in [3.63, 3.8) is 0 Å². The van der Waals surface area contributed by atoms with Crippen LogP contribution in [0.5, 0.6) is 0 Å². The number of sulfone groups is 1. The van der Waals surface area contributed by atoms with Crippen molar-refractivity contribution in [2.24, 2.45) is 0 Å². The Balaban J connectivity index is 1.39. The highest BCUT2D eigenvalue weighted by Crippen LogP contribution is 2.28. The smallest absolute Gasteiger partial charge is 0.237 e. The Morgan fingerprint density at radius 2 is 1.59 bits per heavy atom. The van der Waals surface area contributed by atoms with Crippen molar-refractivity contribution in [1.82, 2.24) is 10.2 Å². The lowest BCUT2D eigenvalue weighted by Crippen LogP contribution is -2.51. The normalized spacial score (nSPS) is 21.8. The number of benzene rings is 2. The molecule has 172 valence electrons. The molecule has 6 heteroatoms. The average Bonchev–Trinajstić information content (AvgIpc) is 3.18. The summed E-state index contributed by atoms with van der Waals surface area (Å²) >= 11 is 0. The van der Waals surface area contributed by atoms with Crippen LogP contribution < -0.4 is 5.32 Å². The second-order valence-electron chi connectivity index (χ2n) is 9.24. The Morgan fingerprint density at radius 1 is 0.938 bits per heavy atom. The fraction of sp³-hybridized carbons (Fsp3) is 0.500. The minimum atomic E-state index is -3.03. The van der Waals surface area contributed by atoms with Gasteiger partial charge in [-0.25, -0.2) is 8.42 Å². The largest absolute Gasteiger partial charge is 0.335 e. The van der Waals surface area contributed by atoms with Gasteiger partial charge in [0.1, 0.15) is 0 Å². The third-order valence-electron chi connectivity index (χ3n) is 6.94. The molecule has 1 heterocycles. The quantitative estimate of drug-likeness (QED) is 0.675. The Hall–Kier alpha value is -2.18. The van der Waals surface area contributed by atoms with Gasteiger partial charge >= 0.3 is 0 Å². The second kappa shape index (κ2) is 10.2. The molecule has 1 amide bonds. The van der Waals surface area contributed by atoms with E-state index < -0.39 is 9.84 Å². The first kappa shape index (κ1) is 23.0. The first-order chi connectivity index (χ1) is 15.4. The van der Waals surface area contributed by atoms with Crippen LogP contribution in [0.4, 0.5) is 0 Å². The van der Waals surface area contributed by atoms with Gasteiger partial charge in [0.05, 0.1) is 18.1 Å². The number of hydrogen-bond donors (Lipinski definition) is 1. The van der Waals surface area contributed by atoms with Gasteiger partial charge in [-0.1, -0.05) is 73.9 Å². The fourth-order valence-corrected chi connectivity index (χ4v) is 6.82. The van der Waals surface area contributed by atoms with Crippen LogP contribution in [-0.4, -0.2) is 49.4 Å². The third-order valence-corrected chi connectivity index (χ3v) is 8.69. The standard InChI is InChI=1S/C26H34N2O3S/c1-20(21-12-14-23(15-13-21)22-8-4-2-5-9-22)27-18-26(29)28(24-10-6-3-7-11-24)25-16-17-32(30,31)19-25/h2,4-5,8-9,12-15,20,24-25,27H,3,6-7,10-11,16-19H2,1H3/t20-,25-/m0/s1. The van der Waals surface area contributed by atoms with Crippen molar-refractivity contribution in [2.45, 2.75) is 63.6 Å². The van der Waals surface area contributed by atoms with Crippen LogP contribution in [0.15, 0.2) is 54.6 Å². The average molecular weight is 455 g/mol. The van der Waals surface area contributed by atoms with Gasteiger partial charge in [-0.3, -0.25) is 4.79 Å². The van der Waals surface area contributed by atoms with E-state index in [0.717, 1.165) is 31.2 Å². The molecule has 4 rings (SSSR count). The highest BCUT2D eigenvalue weighted by Gasteiger charge is 2.38. The molecule has 1 aliphatic heterocycles. The molecule has 0 bridgehead atoms. The van der Waals surface area contributed by atoms with E-state index in [9.17, 15) is 13.2 Å². The summed E-state index contributed by atoms with van der Waals surface area (Å²) in [4.78, 5) is 15.2. The van der Waals surface area contributed by atoms with Crippen molar-refractivity contribution >= 4 is 15.7 Å². The predicted molar refractivity (Wildman–Crippen MR) is 129 cm³/mol. The van der Waals surface area contributed by atoms with Gasteiger partial charge in [-0.05, 0) is 42.9 Å². The van der Waals surface area contributed by atoms with Crippen molar-refractivity contribution < 1.29 is 13.2 Å². The summed E-state index contributed by atoms with van der Waals surface area (Å²) in [7, 11) is -3.03. The molecule has 1 saturated heterocycles. The lowest BCUT2D eigenvalue weighted by atomic mass is 9.92. The van der Waals surface area contributed by atoms with Crippen molar-refractivity contribution in [3.05, 3.63) is 60.2 Å². The molecule has 0 radical (unpaired) electrons. The maximum Gasteiger partial charge on any atom is 0.237 e.